The summed E-state index contributed by atoms with van der Waals surface area (Å²) in [6.07, 6.45) is 7.27. The molecule has 8 heteroatoms. The molecule has 3 heterocycles. The van der Waals surface area contributed by atoms with Crippen LogP contribution in [0.3, 0.4) is 0 Å². The van der Waals surface area contributed by atoms with Crippen molar-refractivity contribution in [2.45, 2.75) is 60.5 Å². The normalized spacial score (nSPS) is 23.4. The molecule has 1 aromatic heterocycles. The second kappa shape index (κ2) is 7.66. The quantitative estimate of drug-likeness (QED) is 0.776. The fraction of sp³-hybridized carbons (Fsp3) is 0.524. The van der Waals surface area contributed by atoms with E-state index in [0.717, 1.165) is 49.2 Å². The molecule has 154 valence electrons. The first kappa shape index (κ1) is 19.0. The summed E-state index contributed by atoms with van der Waals surface area (Å²) in [6, 6.07) is 7.24. The minimum absolute atomic E-state index is 0.00105. The number of anilines is 1. The highest BCUT2D eigenvalue weighted by molar-refractivity contribution is 7.92. The topological polar surface area (TPSA) is 90.4 Å². The summed E-state index contributed by atoms with van der Waals surface area (Å²) in [5, 5.41) is 3.24. The van der Waals surface area contributed by atoms with Gasteiger partial charge in [0.05, 0.1) is 28.0 Å². The third kappa shape index (κ3) is 3.89. The minimum atomic E-state index is -3.19. The van der Waals surface area contributed by atoms with E-state index in [0.29, 0.717) is 18.1 Å². The molecule has 0 amide bonds. The van der Waals surface area contributed by atoms with Crippen LogP contribution < -0.4 is 5.32 Å². The fourth-order valence-electron chi connectivity index (χ4n) is 4.10. The van der Waals surface area contributed by atoms with Crippen molar-refractivity contribution in [1.29, 1.82) is 0 Å². The molecule has 3 aliphatic rings. The van der Waals surface area contributed by atoms with Gasteiger partial charge < -0.3 is 14.8 Å². The molecule has 1 saturated heterocycles. The summed E-state index contributed by atoms with van der Waals surface area (Å²) in [4.78, 5) is 9.20. The molecule has 2 unspecified atom stereocenters. The Bertz CT molecular complexity index is 945. The van der Waals surface area contributed by atoms with Gasteiger partial charge in [0.15, 0.2) is 9.84 Å². The smallest absolute Gasteiger partial charge is 0.181 e. The number of aromatic nitrogens is 2. The molecule has 29 heavy (non-hydrogen) atoms. The minimum Gasteiger partial charge on any atom is -0.381 e. The third-order valence-corrected chi connectivity index (χ3v) is 8.16. The van der Waals surface area contributed by atoms with Crippen LogP contribution >= 0.6 is 0 Å². The maximum Gasteiger partial charge on any atom is 0.181 e. The molecule has 5 rings (SSSR count). The average Bonchev–Trinajstić information content (AvgIpc) is 3.53. The van der Waals surface area contributed by atoms with Gasteiger partial charge in [0, 0.05) is 32.0 Å². The van der Waals surface area contributed by atoms with Gasteiger partial charge in [0.1, 0.15) is 11.9 Å². The van der Waals surface area contributed by atoms with Crippen LogP contribution in [-0.4, -0.2) is 49.0 Å². The zero-order valence-corrected chi connectivity index (χ0v) is 17.0. The summed E-state index contributed by atoms with van der Waals surface area (Å²) < 4.78 is 37.0. The highest BCUT2D eigenvalue weighted by Gasteiger charge is 2.37. The maximum atomic E-state index is 12.5. The molecule has 1 N–H and O–H groups in total. The van der Waals surface area contributed by atoms with Gasteiger partial charge in [-0.25, -0.2) is 13.4 Å². The van der Waals surface area contributed by atoms with Gasteiger partial charge in [0.2, 0.25) is 0 Å². The Labute approximate surface area is 170 Å². The number of nitrogens with one attached hydrogen (secondary N) is 1. The lowest BCUT2D eigenvalue weighted by molar-refractivity contribution is -0.0748. The fourth-order valence-corrected chi connectivity index (χ4v) is 5.75. The van der Waals surface area contributed by atoms with E-state index < -0.39 is 9.84 Å². The van der Waals surface area contributed by atoms with Crippen LogP contribution in [0.15, 0.2) is 41.6 Å². The van der Waals surface area contributed by atoms with Gasteiger partial charge in [-0.2, -0.15) is 0 Å². The lowest BCUT2D eigenvalue weighted by Gasteiger charge is -2.31. The van der Waals surface area contributed by atoms with Gasteiger partial charge in [-0.05, 0) is 43.4 Å². The van der Waals surface area contributed by atoms with Gasteiger partial charge in [-0.15, -0.1) is 0 Å². The molecular formula is C21H25N3O4S. The van der Waals surface area contributed by atoms with Gasteiger partial charge in [-0.1, -0.05) is 12.1 Å². The van der Waals surface area contributed by atoms with Crippen molar-refractivity contribution in [3.05, 3.63) is 47.9 Å². The predicted octanol–water partition coefficient (Wildman–Crippen LogP) is 2.69. The molecule has 2 aromatic rings. The molecule has 0 spiro atoms. The number of fused-ring (bicyclic) bond motifs is 1. The molecular weight excluding hydrogens is 390 g/mol. The van der Waals surface area contributed by atoms with Crippen molar-refractivity contribution >= 4 is 15.7 Å². The number of hydrogen-bond donors (Lipinski definition) is 1. The third-order valence-electron chi connectivity index (χ3n) is 5.88. The summed E-state index contributed by atoms with van der Waals surface area (Å²) in [5.74, 6) is 0.797. The van der Waals surface area contributed by atoms with Gasteiger partial charge >= 0.3 is 0 Å². The molecule has 1 saturated carbocycles. The van der Waals surface area contributed by atoms with Crippen LogP contribution in [0.4, 0.5) is 5.82 Å². The Hall–Kier alpha value is -2.03. The molecule has 2 atom stereocenters. The van der Waals surface area contributed by atoms with E-state index in [1.165, 1.54) is 0 Å². The number of nitrogens with zero attached hydrogens (tertiary/aromatic N) is 2. The first-order chi connectivity index (χ1) is 14.1. The summed E-state index contributed by atoms with van der Waals surface area (Å²) in [5.41, 5.74) is 1.91. The van der Waals surface area contributed by atoms with Gasteiger partial charge in [-0.3, -0.25) is 4.98 Å². The van der Waals surface area contributed by atoms with Crippen molar-refractivity contribution < 1.29 is 17.9 Å². The second-order valence-electron chi connectivity index (χ2n) is 7.99. The van der Waals surface area contributed by atoms with Crippen molar-refractivity contribution in [2.24, 2.45) is 0 Å². The Morgan fingerprint density at radius 3 is 2.45 bits per heavy atom. The molecule has 2 fully saturated rings. The predicted molar refractivity (Wildman–Crippen MR) is 107 cm³/mol. The number of sulfone groups is 1. The monoisotopic (exact) mass is 415 g/mol. The van der Waals surface area contributed by atoms with E-state index >= 15 is 0 Å². The first-order valence-corrected chi connectivity index (χ1v) is 11.8. The van der Waals surface area contributed by atoms with Crippen LogP contribution in [0.25, 0.3) is 0 Å². The number of ether oxygens (including phenoxy) is 2. The second-order valence-corrected chi connectivity index (χ2v) is 10.2. The van der Waals surface area contributed by atoms with Crippen LogP contribution in [0.5, 0.6) is 0 Å². The Balaban J connectivity index is 1.40. The molecule has 0 radical (unpaired) electrons. The molecule has 1 aliphatic carbocycles. The van der Waals surface area contributed by atoms with Crippen molar-refractivity contribution in [3.63, 3.8) is 0 Å². The molecule has 2 aliphatic heterocycles. The van der Waals surface area contributed by atoms with Crippen LogP contribution in [0, 0.1) is 0 Å². The zero-order valence-electron chi connectivity index (χ0n) is 16.2. The standard InChI is InChI=1S/C21H25N3O4S/c25-29(26,17-5-6-17)16-3-1-14(2-4-16)20(28-15-7-11-27-12-8-15)18-13-19-21(24-18)23-10-9-22-19/h1-4,9-10,15,17-18,20H,5-8,11-13H2,(H,23,24). The molecule has 1 aromatic carbocycles. The Morgan fingerprint density at radius 1 is 1.03 bits per heavy atom. The number of hydrogen-bond acceptors (Lipinski definition) is 7. The van der Waals surface area contributed by atoms with E-state index in [1.807, 2.05) is 12.1 Å². The lowest BCUT2D eigenvalue weighted by Crippen LogP contribution is -2.33. The van der Waals surface area contributed by atoms with Crippen LogP contribution in [-0.2, 0) is 25.7 Å². The van der Waals surface area contributed by atoms with E-state index in [4.69, 9.17) is 9.47 Å². The maximum absolute atomic E-state index is 12.5. The highest BCUT2D eigenvalue weighted by atomic mass is 32.2. The van der Waals surface area contributed by atoms with Crippen molar-refractivity contribution in [3.8, 4) is 0 Å². The summed E-state index contributed by atoms with van der Waals surface area (Å²) >= 11 is 0. The van der Waals surface area contributed by atoms with Crippen molar-refractivity contribution in [2.75, 3.05) is 18.5 Å². The van der Waals surface area contributed by atoms with Gasteiger partial charge in [0.25, 0.3) is 0 Å². The summed E-state index contributed by atoms with van der Waals surface area (Å²) in [6.45, 7) is 1.41. The largest absolute Gasteiger partial charge is 0.381 e. The first-order valence-electron chi connectivity index (χ1n) is 10.2. The summed E-state index contributed by atoms with van der Waals surface area (Å²) in [7, 11) is -3.19. The molecule has 7 nitrogen and oxygen atoms in total. The van der Waals surface area contributed by atoms with Crippen LogP contribution in [0.2, 0.25) is 0 Å². The number of rotatable bonds is 6. The lowest BCUT2D eigenvalue weighted by atomic mass is 9.99. The average molecular weight is 416 g/mol. The van der Waals surface area contributed by atoms with E-state index in [-0.39, 0.29) is 23.5 Å². The molecule has 0 bridgehead atoms. The van der Waals surface area contributed by atoms with Crippen molar-refractivity contribution in [1.82, 2.24) is 9.97 Å². The zero-order chi connectivity index (χ0) is 19.8. The highest BCUT2D eigenvalue weighted by Crippen LogP contribution is 2.36. The number of benzene rings is 1. The SMILES string of the molecule is O=S(=O)(c1ccc(C(OC2CCOCC2)C2Cc3nccnc3N2)cc1)C1CC1. The van der Waals surface area contributed by atoms with Crippen LogP contribution in [0.1, 0.15) is 43.0 Å². The Morgan fingerprint density at radius 2 is 1.76 bits per heavy atom. The van der Waals surface area contributed by atoms with E-state index in [2.05, 4.69) is 15.3 Å². The van der Waals surface area contributed by atoms with E-state index in [9.17, 15) is 8.42 Å². The van der Waals surface area contributed by atoms with E-state index in [1.54, 1.807) is 24.5 Å². The Kier molecular flexibility index (Phi) is 5.01.